The molecule has 4 aromatic rings. The molecule has 10 heteroatoms. The summed E-state index contributed by atoms with van der Waals surface area (Å²) in [4.78, 5) is 42.1. The first-order valence-electron chi connectivity index (χ1n) is 17.3. The van der Waals surface area contributed by atoms with E-state index in [1.54, 1.807) is 11.9 Å². The molecule has 0 fully saturated rings. The zero-order chi connectivity index (χ0) is 36.4. The highest BCUT2D eigenvalue weighted by molar-refractivity contribution is 6.03. The van der Waals surface area contributed by atoms with Crippen molar-refractivity contribution >= 4 is 29.3 Å². The number of amides is 3. The van der Waals surface area contributed by atoms with E-state index in [0.717, 1.165) is 45.9 Å². The number of benzene rings is 4. The second-order valence-electron chi connectivity index (χ2n) is 13.5. The van der Waals surface area contributed by atoms with Crippen LogP contribution in [0.15, 0.2) is 97.1 Å². The van der Waals surface area contributed by atoms with E-state index >= 15 is 0 Å². The number of rotatable bonds is 12. The first-order valence-corrected chi connectivity index (χ1v) is 17.3. The van der Waals surface area contributed by atoms with Gasteiger partial charge in [-0.1, -0.05) is 72.8 Å². The second-order valence-corrected chi connectivity index (χ2v) is 13.5. The molecule has 2 aliphatic heterocycles. The van der Waals surface area contributed by atoms with E-state index in [-0.39, 0.29) is 17.9 Å². The molecule has 2 heterocycles. The van der Waals surface area contributed by atoms with Gasteiger partial charge in [-0.25, -0.2) is 4.79 Å². The normalized spacial score (nSPS) is 13.3. The van der Waals surface area contributed by atoms with Crippen molar-refractivity contribution in [1.29, 1.82) is 0 Å². The number of ether oxygens (including phenoxy) is 3. The minimum Gasteiger partial charge on any atom is -0.492 e. The predicted octanol–water partition coefficient (Wildman–Crippen LogP) is 6.40. The molecular formula is C41H48N4O6. The van der Waals surface area contributed by atoms with E-state index in [2.05, 4.69) is 5.32 Å². The molecular weight excluding hydrogens is 644 g/mol. The number of carbonyl (C=O) groups is 3. The highest BCUT2D eigenvalue weighted by Gasteiger charge is 2.31. The van der Waals surface area contributed by atoms with Gasteiger partial charge >= 0.3 is 6.09 Å². The van der Waals surface area contributed by atoms with Gasteiger partial charge in [0.25, 0.3) is 0 Å². The van der Waals surface area contributed by atoms with E-state index in [1.165, 1.54) is 4.90 Å². The van der Waals surface area contributed by atoms with Gasteiger partial charge in [0.2, 0.25) is 11.8 Å². The van der Waals surface area contributed by atoms with Crippen LogP contribution in [0.4, 0.5) is 16.2 Å². The molecule has 0 aliphatic carbocycles. The summed E-state index contributed by atoms with van der Waals surface area (Å²) in [5, 5.41) is 3.05. The third-order valence-corrected chi connectivity index (χ3v) is 8.42. The van der Waals surface area contributed by atoms with Crippen molar-refractivity contribution in [3.05, 3.63) is 119 Å². The van der Waals surface area contributed by atoms with Crippen molar-refractivity contribution in [3.63, 3.8) is 0 Å². The van der Waals surface area contributed by atoms with Crippen molar-refractivity contribution < 1.29 is 28.6 Å². The summed E-state index contributed by atoms with van der Waals surface area (Å²) in [5.74, 6) is 1.69. The number of likely N-dealkylation sites (N-methyl/N-ethyl adjacent to an activating group) is 2. The standard InChI is InChI=1S/C23H28N2O4.C18H20N2O2/c1-23(2,3)29-22(27)24(4)13-14-28-20-12-8-11-19-18(20)15-21(26)25(19)16-17-9-6-5-7-10-17;1-19-10-11-22-17-9-5-8-16-15(17)12-18(21)20(16)13-14-6-3-2-4-7-14/h5-12H,13-16H2,1-4H3;2-9,19H,10-13H2,1H3. The van der Waals surface area contributed by atoms with Gasteiger partial charge in [0.05, 0.1) is 43.9 Å². The quantitative estimate of drug-likeness (QED) is 0.172. The Bertz CT molecular complexity index is 1790. The van der Waals surface area contributed by atoms with Crippen LogP contribution < -0.4 is 24.6 Å². The van der Waals surface area contributed by atoms with Gasteiger partial charge < -0.3 is 34.2 Å². The molecule has 268 valence electrons. The van der Waals surface area contributed by atoms with Gasteiger partial charge in [-0.05, 0) is 63.2 Å². The Kier molecular flexibility index (Phi) is 12.3. The Morgan fingerprint density at radius 2 is 1.18 bits per heavy atom. The maximum absolute atomic E-state index is 12.6. The van der Waals surface area contributed by atoms with Crippen LogP contribution in [-0.2, 0) is 40.3 Å². The number of nitrogens with zero attached hydrogens (tertiary/aromatic N) is 3. The minimum absolute atomic E-state index is 0.0609. The molecule has 10 nitrogen and oxygen atoms in total. The lowest BCUT2D eigenvalue weighted by molar-refractivity contribution is -0.118. The molecule has 0 unspecified atom stereocenters. The Labute approximate surface area is 300 Å². The summed E-state index contributed by atoms with van der Waals surface area (Å²) in [6.45, 7) is 8.73. The molecule has 0 saturated carbocycles. The fraction of sp³-hybridized carbons (Fsp3) is 0.341. The van der Waals surface area contributed by atoms with Gasteiger partial charge in [-0.3, -0.25) is 9.59 Å². The fourth-order valence-electron chi connectivity index (χ4n) is 5.87. The maximum atomic E-state index is 12.6. The van der Waals surface area contributed by atoms with Crippen LogP contribution >= 0.6 is 0 Å². The lowest BCUT2D eigenvalue weighted by Crippen LogP contribution is -2.36. The zero-order valence-electron chi connectivity index (χ0n) is 30.2. The highest BCUT2D eigenvalue weighted by Crippen LogP contribution is 2.38. The molecule has 0 atom stereocenters. The van der Waals surface area contributed by atoms with Gasteiger partial charge in [-0.2, -0.15) is 0 Å². The summed E-state index contributed by atoms with van der Waals surface area (Å²) in [6.07, 6.45) is 0.349. The summed E-state index contributed by atoms with van der Waals surface area (Å²) in [6, 6.07) is 31.6. The Balaban J connectivity index is 0.000000205. The van der Waals surface area contributed by atoms with Crippen LogP contribution in [0.3, 0.4) is 0 Å². The van der Waals surface area contributed by atoms with Crippen LogP contribution in [0.5, 0.6) is 11.5 Å². The van der Waals surface area contributed by atoms with Crippen LogP contribution in [0.2, 0.25) is 0 Å². The van der Waals surface area contributed by atoms with E-state index in [1.807, 2.05) is 130 Å². The topological polar surface area (TPSA) is 101 Å². The fourth-order valence-corrected chi connectivity index (χ4v) is 5.87. The summed E-state index contributed by atoms with van der Waals surface area (Å²) in [5.41, 5.74) is 5.43. The maximum Gasteiger partial charge on any atom is 0.410 e. The van der Waals surface area contributed by atoms with Crippen LogP contribution in [0.1, 0.15) is 43.0 Å². The monoisotopic (exact) mass is 692 g/mol. The van der Waals surface area contributed by atoms with Crippen molar-refractivity contribution in [1.82, 2.24) is 10.2 Å². The molecule has 0 aromatic heterocycles. The SMILES string of the molecule is CN(CCOc1cccc2c1CC(=O)N2Cc1ccccc1)C(=O)OC(C)(C)C.CNCCOc1cccc2c1CC(=O)N2Cc1ccccc1. The third kappa shape index (κ3) is 9.88. The Morgan fingerprint density at radius 3 is 1.63 bits per heavy atom. The lowest BCUT2D eigenvalue weighted by atomic mass is 10.1. The summed E-state index contributed by atoms with van der Waals surface area (Å²) < 4.78 is 17.1. The average Bonchev–Trinajstić information content (AvgIpc) is 3.60. The molecule has 0 spiro atoms. The Morgan fingerprint density at radius 1 is 0.706 bits per heavy atom. The molecule has 6 rings (SSSR count). The number of nitrogens with one attached hydrogen (secondary N) is 1. The van der Waals surface area contributed by atoms with Crippen LogP contribution in [0, 0.1) is 0 Å². The Hall–Kier alpha value is -5.35. The van der Waals surface area contributed by atoms with Crippen molar-refractivity contribution in [3.8, 4) is 11.5 Å². The molecule has 2 aliphatic rings. The smallest absolute Gasteiger partial charge is 0.410 e. The molecule has 0 radical (unpaired) electrons. The molecule has 4 aromatic carbocycles. The zero-order valence-corrected chi connectivity index (χ0v) is 30.2. The van der Waals surface area contributed by atoms with Gasteiger partial charge in [0.15, 0.2) is 0 Å². The van der Waals surface area contributed by atoms with Crippen molar-refractivity contribution in [2.24, 2.45) is 0 Å². The first kappa shape index (κ1) is 36.9. The molecule has 3 amide bonds. The van der Waals surface area contributed by atoms with Gasteiger partial charge in [-0.15, -0.1) is 0 Å². The molecule has 0 saturated heterocycles. The summed E-state index contributed by atoms with van der Waals surface area (Å²) >= 11 is 0. The van der Waals surface area contributed by atoms with E-state index in [0.29, 0.717) is 51.4 Å². The van der Waals surface area contributed by atoms with E-state index in [4.69, 9.17) is 14.2 Å². The average molecular weight is 693 g/mol. The minimum atomic E-state index is -0.533. The highest BCUT2D eigenvalue weighted by atomic mass is 16.6. The van der Waals surface area contributed by atoms with Crippen LogP contribution in [-0.4, -0.2) is 68.8 Å². The predicted molar refractivity (Wildman–Crippen MR) is 199 cm³/mol. The summed E-state index contributed by atoms with van der Waals surface area (Å²) in [7, 11) is 3.57. The number of hydrogen-bond donors (Lipinski definition) is 1. The largest absolute Gasteiger partial charge is 0.492 e. The number of fused-ring (bicyclic) bond motifs is 2. The molecule has 1 N–H and O–H groups in total. The first-order chi connectivity index (χ1) is 24.5. The number of hydrogen-bond acceptors (Lipinski definition) is 7. The lowest BCUT2D eigenvalue weighted by Gasteiger charge is -2.24. The van der Waals surface area contributed by atoms with Crippen molar-refractivity contribution in [2.45, 2.75) is 52.3 Å². The van der Waals surface area contributed by atoms with E-state index in [9.17, 15) is 14.4 Å². The third-order valence-electron chi connectivity index (χ3n) is 8.42. The number of anilines is 2. The van der Waals surface area contributed by atoms with Crippen LogP contribution in [0.25, 0.3) is 0 Å². The van der Waals surface area contributed by atoms with Gasteiger partial charge in [0.1, 0.15) is 30.3 Å². The second kappa shape index (κ2) is 17.0. The molecule has 51 heavy (non-hydrogen) atoms. The van der Waals surface area contributed by atoms with E-state index < -0.39 is 5.60 Å². The number of carbonyl (C=O) groups excluding carboxylic acids is 3. The van der Waals surface area contributed by atoms with Crippen molar-refractivity contribution in [2.75, 3.05) is 50.2 Å². The molecule has 0 bridgehead atoms. The van der Waals surface area contributed by atoms with Gasteiger partial charge in [0, 0.05) is 24.7 Å².